The van der Waals surface area contributed by atoms with E-state index in [1.165, 1.54) is 11.3 Å². The summed E-state index contributed by atoms with van der Waals surface area (Å²) in [6.07, 6.45) is 3.62. The van der Waals surface area contributed by atoms with Crippen LogP contribution in [0.5, 0.6) is 0 Å². The van der Waals surface area contributed by atoms with Crippen LogP contribution in [-0.4, -0.2) is 64.1 Å². The van der Waals surface area contributed by atoms with Gasteiger partial charge in [-0.2, -0.15) is 9.97 Å². The number of anilines is 4. The van der Waals surface area contributed by atoms with Gasteiger partial charge in [0, 0.05) is 43.5 Å². The molecule has 0 radical (unpaired) electrons. The molecule has 1 saturated heterocycles. The maximum atomic E-state index is 11.8. The first-order valence-electron chi connectivity index (χ1n) is 11.6. The number of amides is 1. The van der Waals surface area contributed by atoms with Crippen LogP contribution in [-0.2, 0) is 20.7 Å². The van der Waals surface area contributed by atoms with E-state index in [1.807, 2.05) is 30.0 Å². The number of carbonyl (C=O) groups is 2. The largest absolute Gasteiger partial charge is 0.466 e. The number of hydrogen-bond donors (Lipinski definition) is 4. The first-order valence-corrected chi connectivity index (χ1v) is 12.5. The van der Waals surface area contributed by atoms with Gasteiger partial charge in [-0.15, -0.1) is 11.3 Å². The summed E-state index contributed by atoms with van der Waals surface area (Å²) < 4.78 is 5.00. The van der Waals surface area contributed by atoms with Crippen molar-refractivity contribution < 1.29 is 14.3 Å². The van der Waals surface area contributed by atoms with Crippen molar-refractivity contribution in [3.63, 3.8) is 0 Å². The van der Waals surface area contributed by atoms with Crippen molar-refractivity contribution in [1.29, 1.82) is 0 Å². The zero-order valence-corrected chi connectivity index (χ0v) is 20.9. The molecule has 1 fully saturated rings. The quantitative estimate of drug-likeness (QED) is 0.293. The number of carbonyl (C=O) groups excluding carboxylic acids is 2. The molecule has 3 aromatic heterocycles. The van der Waals surface area contributed by atoms with Crippen molar-refractivity contribution in [2.75, 3.05) is 41.8 Å². The van der Waals surface area contributed by atoms with Crippen LogP contribution in [0.15, 0.2) is 36.0 Å². The summed E-state index contributed by atoms with van der Waals surface area (Å²) in [5.41, 5.74) is 7.13. The van der Waals surface area contributed by atoms with Crippen molar-refractivity contribution in [3.05, 3.63) is 47.2 Å². The lowest BCUT2D eigenvalue weighted by Crippen LogP contribution is -2.56. The summed E-state index contributed by atoms with van der Waals surface area (Å²) in [5.74, 6) is 0.832. The Morgan fingerprint density at radius 1 is 1.36 bits per heavy atom. The summed E-state index contributed by atoms with van der Waals surface area (Å²) in [4.78, 5) is 43.5. The van der Waals surface area contributed by atoms with Gasteiger partial charge >= 0.3 is 5.97 Å². The van der Waals surface area contributed by atoms with Crippen LogP contribution in [0.25, 0.3) is 0 Å². The molecule has 4 rings (SSSR count). The number of rotatable bonds is 10. The average Bonchev–Trinajstić information content (AvgIpc) is 3.30. The third-order valence-corrected chi connectivity index (χ3v) is 6.31. The maximum Gasteiger partial charge on any atom is 0.311 e. The van der Waals surface area contributed by atoms with Crippen LogP contribution in [0.4, 0.5) is 22.7 Å². The molecule has 36 heavy (non-hydrogen) atoms. The lowest BCUT2D eigenvalue weighted by atomic mass is 10.1. The molecule has 0 spiro atoms. The standard InChI is InChI=1S/C23H29N9O3S/c1-3-35-20(33)9-16-13-36-23(28-16)31-22-29-18(27-14(2)15-5-4-6-25-11-15)10-19(30-22)32-8-7-26-17(12-32)21(24)34/h4-6,10-11,13-14,17,26H,3,7-9,12H2,1-2H3,(H2,24,34)(H2,27,28,29,30,31). The Labute approximate surface area is 212 Å². The number of nitrogens with two attached hydrogens (primary N) is 1. The predicted octanol–water partition coefficient (Wildman–Crippen LogP) is 1.61. The Bertz CT molecular complexity index is 1190. The first kappa shape index (κ1) is 25.3. The van der Waals surface area contributed by atoms with Crippen LogP contribution in [0.3, 0.4) is 0 Å². The summed E-state index contributed by atoms with van der Waals surface area (Å²) >= 11 is 1.34. The van der Waals surface area contributed by atoms with Crippen LogP contribution in [0.1, 0.15) is 31.1 Å². The number of piperazine rings is 1. The summed E-state index contributed by atoms with van der Waals surface area (Å²) in [7, 11) is 0. The van der Waals surface area contributed by atoms with Gasteiger partial charge in [0.1, 0.15) is 17.7 Å². The molecular weight excluding hydrogens is 482 g/mol. The van der Waals surface area contributed by atoms with E-state index >= 15 is 0 Å². The fourth-order valence-corrected chi connectivity index (χ4v) is 4.42. The zero-order valence-electron chi connectivity index (χ0n) is 20.1. The van der Waals surface area contributed by atoms with Gasteiger partial charge in [-0.3, -0.25) is 19.9 Å². The molecule has 1 aliphatic rings. The van der Waals surface area contributed by atoms with Crippen molar-refractivity contribution in [2.24, 2.45) is 5.73 Å². The SMILES string of the molecule is CCOC(=O)Cc1csc(Nc2nc(NC(C)c3cccnc3)cc(N3CCNC(C(N)=O)C3)n2)n1. The number of thiazole rings is 1. The second kappa shape index (κ2) is 11.7. The Morgan fingerprint density at radius 2 is 2.22 bits per heavy atom. The van der Waals surface area contributed by atoms with E-state index in [0.717, 1.165) is 5.56 Å². The van der Waals surface area contributed by atoms with Crippen molar-refractivity contribution >= 4 is 45.9 Å². The van der Waals surface area contributed by atoms with E-state index in [1.54, 1.807) is 24.7 Å². The summed E-state index contributed by atoms with van der Waals surface area (Å²) in [6.45, 7) is 5.75. The second-order valence-electron chi connectivity index (χ2n) is 8.19. The molecule has 2 unspecified atom stereocenters. The van der Waals surface area contributed by atoms with E-state index in [2.05, 4.69) is 35.9 Å². The Kier molecular flexibility index (Phi) is 8.23. The molecule has 2 atom stereocenters. The fraction of sp³-hybridized carbons (Fsp3) is 0.391. The van der Waals surface area contributed by atoms with Crippen LogP contribution >= 0.6 is 11.3 Å². The van der Waals surface area contributed by atoms with Crippen LogP contribution in [0, 0.1) is 0 Å². The normalized spacial score (nSPS) is 16.3. The van der Waals surface area contributed by atoms with E-state index in [4.69, 9.17) is 10.5 Å². The third-order valence-electron chi connectivity index (χ3n) is 5.51. The third kappa shape index (κ3) is 6.64. The Hall–Kier alpha value is -3.84. The minimum Gasteiger partial charge on any atom is -0.466 e. The van der Waals surface area contributed by atoms with Gasteiger partial charge in [0.25, 0.3) is 0 Å². The number of primary amides is 1. The van der Waals surface area contributed by atoms with Gasteiger partial charge in [-0.05, 0) is 25.5 Å². The number of nitrogens with one attached hydrogen (secondary N) is 3. The van der Waals surface area contributed by atoms with E-state index in [0.29, 0.717) is 54.7 Å². The molecule has 3 aromatic rings. The molecule has 0 aliphatic carbocycles. The van der Waals surface area contributed by atoms with Crippen LogP contribution in [0.2, 0.25) is 0 Å². The van der Waals surface area contributed by atoms with Gasteiger partial charge < -0.3 is 26.0 Å². The molecule has 1 aliphatic heterocycles. The minimum atomic E-state index is -0.472. The molecule has 12 nitrogen and oxygen atoms in total. The van der Waals surface area contributed by atoms with Gasteiger partial charge in [-0.25, -0.2) is 4.98 Å². The van der Waals surface area contributed by atoms with Gasteiger partial charge in [-0.1, -0.05) is 6.07 Å². The minimum absolute atomic E-state index is 0.0632. The van der Waals surface area contributed by atoms with Crippen molar-refractivity contribution in [3.8, 4) is 0 Å². The number of esters is 1. The van der Waals surface area contributed by atoms with E-state index < -0.39 is 11.9 Å². The van der Waals surface area contributed by atoms with Crippen LogP contribution < -0.4 is 26.6 Å². The average molecular weight is 512 g/mol. The Balaban J connectivity index is 1.57. The Morgan fingerprint density at radius 3 is 2.97 bits per heavy atom. The highest BCUT2D eigenvalue weighted by Crippen LogP contribution is 2.26. The number of aromatic nitrogens is 4. The molecular formula is C23H29N9O3S. The summed E-state index contributed by atoms with van der Waals surface area (Å²) in [5, 5.41) is 12.0. The maximum absolute atomic E-state index is 11.8. The molecule has 1 amide bonds. The van der Waals surface area contributed by atoms with E-state index in [-0.39, 0.29) is 18.4 Å². The smallest absolute Gasteiger partial charge is 0.311 e. The van der Waals surface area contributed by atoms with Crippen molar-refractivity contribution in [1.82, 2.24) is 25.3 Å². The van der Waals surface area contributed by atoms with E-state index in [9.17, 15) is 9.59 Å². The first-order chi connectivity index (χ1) is 17.4. The number of nitrogens with zero attached hydrogens (tertiary/aromatic N) is 5. The fourth-order valence-electron chi connectivity index (χ4n) is 3.71. The number of ether oxygens (including phenoxy) is 1. The highest BCUT2D eigenvalue weighted by atomic mass is 32.1. The van der Waals surface area contributed by atoms with Gasteiger partial charge in [0.15, 0.2) is 5.13 Å². The molecule has 0 bridgehead atoms. The number of pyridine rings is 1. The molecule has 0 aromatic carbocycles. The topological polar surface area (TPSA) is 160 Å². The highest BCUT2D eigenvalue weighted by Gasteiger charge is 2.25. The lowest BCUT2D eigenvalue weighted by molar-refractivity contribution is -0.142. The molecule has 0 saturated carbocycles. The zero-order chi connectivity index (χ0) is 25.5. The number of hydrogen-bond acceptors (Lipinski definition) is 12. The molecule has 13 heteroatoms. The monoisotopic (exact) mass is 511 g/mol. The predicted molar refractivity (Wildman–Crippen MR) is 137 cm³/mol. The van der Waals surface area contributed by atoms with Gasteiger partial charge in [0.05, 0.1) is 24.8 Å². The van der Waals surface area contributed by atoms with Gasteiger partial charge in [0.2, 0.25) is 11.9 Å². The molecule has 5 N–H and O–H groups in total. The molecule has 190 valence electrons. The summed E-state index contributed by atoms with van der Waals surface area (Å²) in [6, 6.07) is 5.18. The lowest BCUT2D eigenvalue weighted by Gasteiger charge is -2.33. The molecule has 4 heterocycles. The second-order valence-corrected chi connectivity index (χ2v) is 9.05. The van der Waals surface area contributed by atoms with Crippen molar-refractivity contribution in [2.45, 2.75) is 32.4 Å². The highest BCUT2D eigenvalue weighted by molar-refractivity contribution is 7.13.